The highest BCUT2D eigenvalue weighted by atomic mass is 32.1. The fraction of sp³-hybridized carbons (Fsp3) is 0.500. The SMILES string of the molecule is O=C(CN1CCCC1CO)NCCc1nc2ccccc2s1. The lowest BCUT2D eigenvalue weighted by Gasteiger charge is -2.21. The number of carbonyl (C=O) groups is 1. The quantitative estimate of drug-likeness (QED) is 0.845. The summed E-state index contributed by atoms with van der Waals surface area (Å²) in [6.45, 7) is 2.02. The van der Waals surface area contributed by atoms with E-state index >= 15 is 0 Å². The summed E-state index contributed by atoms with van der Waals surface area (Å²) in [5, 5.41) is 13.3. The van der Waals surface area contributed by atoms with Crippen LogP contribution in [0.3, 0.4) is 0 Å². The topological polar surface area (TPSA) is 65.5 Å². The first-order chi connectivity index (χ1) is 10.8. The number of likely N-dealkylation sites (tertiary alicyclic amines) is 1. The predicted octanol–water partition coefficient (Wildman–Crippen LogP) is 1.41. The number of aliphatic hydroxyl groups is 1. The van der Waals surface area contributed by atoms with E-state index in [0.29, 0.717) is 13.1 Å². The van der Waals surface area contributed by atoms with Crippen molar-refractivity contribution in [3.63, 3.8) is 0 Å². The minimum atomic E-state index is 0.0291. The Labute approximate surface area is 134 Å². The summed E-state index contributed by atoms with van der Waals surface area (Å²) < 4.78 is 1.19. The molecule has 0 aliphatic carbocycles. The fourth-order valence-corrected chi connectivity index (χ4v) is 3.85. The Balaban J connectivity index is 1.45. The van der Waals surface area contributed by atoms with E-state index < -0.39 is 0 Å². The molecule has 22 heavy (non-hydrogen) atoms. The summed E-state index contributed by atoms with van der Waals surface area (Å²) in [5.74, 6) is 0.0291. The molecule has 0 spiro atoms. The molecule has 6 heteroatoms. The number of amides is 1. The van der Waals surface area contributed by atoms with Crippen molar-refractivity contribution in [3.8, 4) is 0 Å². The van der Waals surface area contributed by atoms with Crippen molar-refractivity contribution in [3.05, 3.63) is 29.3 Å². The first-order valence-electron chi connectivity index (χ1n) is 7.72. The number of benzene rings is 1. The van der Waals surface area contributed by atoms with Gasteiger partial charge >= 0.3 is 0 Å². The molecule has 1 fully saturated rings. The first kappa shape index (κ1) is 15.4. The van der Waals surface area contributed by atoms with Gasteiger partial charge in [-0.1, -0.05) is 12.1 Å². The molecule has 1 aliphatic heterocycles. The van der Waals surface area contributed by atoms with Crippen LogP contribution in [0.1, 0.15) is 17.8 Å². The molecule has 0 saturated carbocycles. The average molecular weight is 319 g/mol. The number of nitrogens with zero attached hydrogens (tertiary/aromatic N) is 2. The monoisotopic (exact) mass is 319 g/mol. The highest BCUT2D eigenvalue weighted by Crippen LogP contribution is 2.21. The van der Waals surface area contributed by atoms with Crippen molar-refractivity contribution in [2.75, 3.05) is 26.2 Å². The largest absolute Gasteiger partial charge is 0.395 e. The molecule has 1 unspecified atom stereocenters. The van der Waals surface area contributed by atoms with E-state index in [4.69, 9.17) is 0 Å². The molecule has 2 aromatic rings. The maximum absolute atomic E-state index is 12.0. The van der Waals surface area contributed by atoms with Crippen LogP contribution in [-0.4, -0.2) is 53.2 Å². The molecular weight excluding hydrogens is 298 g/mol. The molecule has 1 saturated heterocycles. The molecule has 0 bridgehead atoms. The van der Waals surface area contributed by atoms with Gasteiger partial charge in [-0.25, -0.2) is 4.98 Å². The number of aromatic nitrogens is 1. The lowest BCUT2D eigenvalue weighted by molar-refractivity contribution is -0.122. The molecule has 118 valence electrons. The number of fused-ring (bicyclic) bond motifs is 1. The molecule has 1 aliphatic rings. The Kier molecular flexibility index (Phi) is 5.02. The van der Waals surface area contributed by atoms with Crippen molar-refractivity contribution in [1.29, 1.82) is 0 Å². The Bertz CT molecular complexity index is 610. The molecule has 2 N–H and O–H groups in total. The van der Waals surface area contributed by atoms with E-state index in [1.807, 2.05) is 18.2 Å². The molecule has 5 nitrogen and oxygen atoms in total. The molecule has 1 atom stereocenters. The fourth-order valence-electron chi connectivity index (χ4n) is 2.89. The predicted molar refractivity (Wildman–Crippen MR) is 88.0 cm³/mol. The van der Waals surface area contributed by atoms with Gasteiger partial charge in [0.05, 0.1) is 28.4 Å². The third kappa shape index (κ3) is 3.63. The van der Waals surface area contributed by atoms with Crippen molar-refractivity contribution in [2.24, 2.45) is 0 Å². The number of rotatable bonds is 6. The van der Waals surface area contributed by atoms with Crippen LogP contribution < -0.4 is 5.32 Å². The van der Waals surface area contributed by atoms with Gasteiger partial charge in [-0.15, -0.1) is 11.3 Å². The van der Waals surface area contributed by atoms with E-state index in [-0.39, 0.29) is 18.6 Å². The van der Waals surface area contributed by atoms with Crippen LogP contribution in [0, 0.1) is 0 Å². The van der Waals surface area contributed by atoms with Gasteiger partial charge in [0.25, 0.3) is 0 Å². The van der Waals surface area contributed by atoms with Gasteiger partial charge in [0.2, 0.25) is 5.91 Å². The van der Waals surface area contributed by atoms with Crippen molar-refractivity contribution >= 4 is 27.5 Å². The van der Waals surface area contributed by atoms with Gasteiger partial charge in [0.15, 0.2) is 0 Å². The third-order valence-electron chi connectivity index (χ3n) is 4.06. The summed E-state index contributed by atoms with van der Waals surface area (Å²) in [4.78, 5) is 18.6. The molecule has 1 amide bonds. The highest BCUT2D eigenvalue weighted by Gasteiger charge is 2.25. The van der Waals surface area contributed by atoms with Crippen molar-refractivity contribution < 1.29 is 9.90 Å². The first-order valence-corrected chi connectivity index (χ1v) is 8.54. The normalized spacial score (nSPS) is 18.9. The second kappa shape index (κ2) is 7.17. The lowest BCUT2D eigenvalue weighted by Crippen LogP contribution is -2.41. The Morgan fingerprint density at radius 1 is 1.45 bits per heavy atom. The summed E-state index contributed by atoms with van der Waals surface area (Å²) >= 11 is 1.68. The van der Waals surface area contributed by atoms with E-state index in [1.165, 1.54) is 4.70 Å². The van der Waals surface area contributed by atoms with E-state index in [1.54, 1.807) is 11.3 Å². The van der Waals surface area contributed by atoms with E-state index in [2.05, 4.69) is 21.3 Å². The molecule has 1 aromatic carbocycles. The van der Waals surface area contributed by atoms with Gasteiger partial charge in [0.1, 0.15) is 0 Å². The zero-order valence-electron chi connectivity index (χ0n) is 12.5. The van der Waals surface area contributed by atoms with Gasteiger partial charge in [-0.05, 0) is 31.5 Å². The van der Waals surface area contributed by atoms with Crippen molar-refractivity contribution in [2.45, 2.75) is 25.3 Å². The van der Waals surface area contributed by atoms with Gasteiger partial charge < -0.3 is 10.4 Å². The maximum atomic E-state index is 12.0. The summed E-state index contributed by atoms with van der Waals surface area (Å²) in [6.07, 6.45) is 2.80. The Morgan fingerprint density at radius 2 is 2.32 bits per heavy atom. The molecule has 3 rings (SSSR count). The van der Waals surface area contributed by atoms with Crippen LogP contribution in [0.2, 0.25) is 0 Å². The third-order valence-corrected chi connectivity index (χ3v) is 5.15. The van der Waals surface area contributed by atoms with Crippen LogP contribution in [0.5, 0.6) is 0 Å². The average Bonchev–Trinajstić information content (AvgIpc) is 3.12. The molecule has 0 radical (unpaired) electrons. The Hall–Kier alpha value is -1.50. The molecule has 2 heterocycles. The van der Waals surface area contributed by atoms with Crippen LogP contribution in [0.25, 0.3) is 10.2 Å². The number of hydrogen-bond donors (Lipinski definition) is 2. The smallest absolute Gasteiger partial charge is 0.234 e. The van der Waals surface area contributed by atoms with Crippen LogP contribution in [0.15, 0.2) is 24.3 Å². The molecule has 1 aromatic heterocycles. The number of nitrogens with one attached hydrogen (secondary N) is 1. The lowest BCUT2D eigenvalue weighted by atomic mass is 10.2. The van der Waals surface area contributed by atoms with Crippen molar-refractivity contribution in [1.82, 2.24) is 15.2 Å². The van der Waals surface area contributed by atoms with Gasteiger partial charge in [0, 0.05) is 19.0 Å². The van der Waals surface area contributed by atoms with Crippen LogP contribution in [-0.2, 0) is 11.2 Å². The second-order valence-corrected chi connectivity index (χ2v) is 6.74. The van der Waals surface area contributed by atoms with Crippen LogP contribution in [0.4, 0.5) is 0 Å². The number of aliphatic hydroxyl groups excluding tert-OH is 1. The number of hydrogen-bond acceptors (Lipinski definition) is 5. The maximum Gasteiger partial charge on any atom is 0.234 e. The van der Waals surface area contributed by atoms with Crippen LogP contribution >= 0.6 is 11.3 Å². The van der Waals surface area contributed by atoms with E-state index in [9.17, 15) is 9.90 Å². The summed E-state index contributed by atoms with van der Waals surface area (Å²) in [6, 6.07) is 8.23. The number of para-hydroxylation sites is 1. The standard InChI is InChI=1S/C16H21N3O2S/c20-11-12-4-3-9-19(12)10-15(21)17-8-7-16-18-13-5-1-2-6-14(13)22-16/h1-2,5-6,12,20H,3-4,7-11H2,(H,17,21). The second-order valence-electron chi connectivity index (χ2n) is 5.62. The summed E-state index contributed by atoms with van der Waals surface area (Å²) in [5.41, 5.74) is 1.02. The minimum Gasteiger partial charge on any atom is -0.395 e. The molecular formula is C16H21N3O2S. The minimum absolute atomic E-state index is 0.0291. The zero-order chi connectivity index (χ0) is 15.4. The Morgan fingerprint density at radius 3 is 3.14 bits per heavy atom. The highest BCUT2D eigenvalue weighted by molar-refractivity contribution is 7.18. The van der Waals surface area contributed by atoms with E-state index in [0.717, 1.165) is 36.3 Å². The van der Waals surface area contributed by atoms with Gasteiger partial charge in [-0.2, -0.15) is 0 Å². The summed E-state index contributed by atoms with van der Waals surface area (Å²) in [7, 11) is 0. The zero-order valence-corrected chi connectivity index (χ0v) is 13.3. The number of carbonyl (C=O) groups excluding carboxylic acids is 1. The van der Waals surface area contributed by atoms with Gasteiger partial charge in [-0.3, -0.25) is 9.69 Å². The number of thiazole rings is 1.